The van der Waals surface area contributed by atoms with Crippen molar-refractivity contribution in [3.05, 3.63) is 29.6 Å². The van der Waals surface area contributed by atoms with Crippen LogP contribution < -0.4 is 4.74 Å². The van der Waals surface area contributed by atoms with Gasteiger partial charge in [0.05, 0.1) is 6.07 Å². The van der Waals surface area contributed by atoms with Gasteiger partial charge in [0.15, 0.2) is 11.6 Å². The molecule has 0 unspecified atom stereocenters. The number of nitriles is 1. The number of halogens is 3. The Kier molecular flexibility index (Phi) is 3.98. The average molecular weight is 215 g/mol. The van der Waals surface area contributed by atoms with Crippen molar-refractivity contribution < 1.29 is 17.9 Å². The summed E-state index contributed by atoms with van der Waals surface area (Å²) in [6.07, 6.45) is 0.319. The van der Waals surface area contributed by atoms with E-state index in [-0.39, 0.29) is 18.4 Å². The van der Waals surface area contributed by atoms with Crippen LogP contribution in [-0.2, 0) is 6.42 Å². The number of ether oxygens (including phenoxy) is 1. The first-order chi connectivity index (χ1) is 7.15. The molecule has 0 aliphatic heterocycles. The molecule has 0 fully saturated rings. The third-order valence-corrected chi connectivity index (χ3v) is 1.76. The minimum atomic E-state index is -3.07. The Balaban J connectivity index is 2.93. The van der Waals surface area contributed by atoms with Crippen LogP contribution in [0.25, 0.3) is 0 Å². The molecule has 0 aromatic heterocycles. The van der Waals surface area contributed by atoms with Crippen LogP contribution in [0.1, 0.15) is 12.0 Å². The lowest BCUT2D eigenvalue weighted by molar-refractivity contribution is -0.0528. The maximum atomic E-state index is 13.1. The van der Waals surface area contributed by atoms with E-state index in [4.69, 9.17) is 5.26 Å². The van der Waals surface area contributed by atoms with Gasteiger partial charge >= 0.3 is 6.61 Å². The summed E-state index contributed by atoms with van der Waals surface area (Å²) < 4.78 is 41.0. The highest BCUT2D eigenvalue weighted by Crippen LogP contribution is 2.25. The lowest BCUT2D eigenvalue weighted by Gasteiger charge is -2.10. The molecule has 0 N–H and O–H groups in total. The highest BCUT2D eigenvalue weighted by molar-refractivity contribution is 5.35. The third kappa shape index (κ3) is 3.17. The molecule has 15 heavy (non-hydrogen) atoms. The number of nitrogens with zero attached hydrogens (tertiary/aromatic N) is 1. The van der Waals surface area contributed by atoms with Crippen LogP contribution in [0.3, 0.4) is 0 Å². The van der Waals surface area contributed by atoms with Crippen LogP contribution in [0.4, 0.5) is 13.2 Å². The van der Waals surface area contributed by atoms with Gasteiger partial charge in [-0.25, -0.2) is 4.39 Å². The molecule has 0 radical (unpaired) electrons. The molecule has 1 aromatic carbocycles. The number of hydrogen-bond donors (Lipinski definition) is 0. The molecule has 1 aromatic rings. The number of aryl methyl sites for hydroxylation is 1. The number of alkyl halides is 2. The third-order valence-electron chi connectivity index (χ3n) is 1.76. The number of para-hydroxylation sites is 1. The van der Waals surface area contributed by atoms with Gasteiger partial charge in [-0.3, -0.25) is 0 Å². The Morgan fingerprint density at radius 1 is 1.40 bits per heavy atom. The van der Waals surface area contributed by atoms with Gasteiger partial charge < -0.3 is 4.74 Å². The van der Waals surface area contributed by atoms with Crippen LogP contribution in [0.15, 0.2) is 18.2 Å². The summed E-state index contributed by atoms with van der Waals surface area (Å²) in [5.74, 6) is -1.31. The fraction of sp³-hybridized carbons (Fsp3) is 0.300. The summed E-state index contributed by atoms with van der Waals surface area (Å²) in [5.41, 5.74) is 0.275. The molecule has 0 saturated heterocycles. The van der Waals surface area contributed by atoms with E-state index in [0.717, 1.165) is 6.07 Å². The molecule has 5 heteroatoms. The lowest BCUT2D eigenvalue weighted by atomic mass is 10.1. The topological polar surface area (TPSA) is 33.0 Å². The van der Waals surface area contributed by atoms with Gasteiger partial charge in [-0.1, -0.05) is 12.1 Å². The van der Waals surface area contributed by atoms with E-state index in [1.165, 1.54) is 12.1 Å². The largest absolute Gasteiger partial charge is 0.431 e. The van der Waals surface area contributed by atoms with Gasteiger partial charge in [-0.2, -0.15) is 14.0 Å². The maximum Gasteiger partial charge on any atom is 0.387 e. The predicted molar refractivity (Wildman–Crippen MR) is 47.0 cm³/mol. The van der Waals surface area contributed by atoms with E-state index in [0.29, 0.717) is 0 Å². The smallest absolute Gasteiger partial charge is 0.387 e. The van der Waals surface area contributed by atoms with Crippen molar-refractivity contribution in [1.82, 2.24) is 0 Å². The van der Waals surface area contributed by atoms with Crippen LogP contribution in [0.2, 0.25) is 0 Å². The van der Waals surface area contributed by atoms with Gasteiger partial charge in [-0.05, 0) is 18.1 Å². The first-order valence-electron chi connectivity index (χ1n) is 4.24. The van der Waals surface area contributed by atoms with Gasteiger partial charge in [0.1, 0.15) is 0 Å². The second kappa shape index (κ2) is 5.25. The molecule has 0 amide bonds. The molecule has 0 atom stereocenters. The molecule has 80 valence electrons. The molecule has 1 rings (SSSR count). The zero-order valence-corrected chi connectivity index (χ0v) is 7.71. The van der Waals surface area contributed by atoms with E-state index in [1.807, 2.05) is 6.07 Å². The van der Waals surface area contributed by atoms with Crippen LogP contribution in [-0.4, -0.2) is 6.61 Å². The lowest BCUT2D eigenvalue weighted by Crippen LogP contribution is -2.06. The quantitative estimate of drug-likeness (QED) is 0.773. The Labute approximate surface area is 84.9 Å². The van der Waals surface area contributed by atoms with Gasteiger partial charge in [0.2, 0.25) is 0 Å². The number of benzene rings is 1. The number of hydrogen-bond acceptors (Lipinski definition) is 2. The fourth-order valence-electron chi connectivity index (χ4n) is 1.16. The Morgan fingerprint density at radius 2 is 2.13 bits per heavy atom. The molecular formula is C10H8F3NO. The van der Waals surface area contributed by atoms with Gasteiger partial charge in [0.25, 0.3) is 0 Å². The minimum absolute atomic E-state index is 0.128. The maximum absolute atomic E-state index is 13.1. The van der Waals surface area contributed by atoms with E-state index >= 15 is 0 Å². The summed E-state index contributed by atoms with van der Waals surface area (Å²) in [6, 6.07) is 5.73. The monoisotopic (exact) mass is 215 g/mol. The second-order valence-electron chi connectivity index (χ2n) is 2.76. The predicted octanol–water partition coefficient (Wildman–Crippen LogP) is 2.88. The zero-order chi connectivity index (χ0) is 11.3. The Morgan fingerprint density at radius 3 is 2.73 bits per heavy atom. The zero-order valence-electron chi connectivity index (χ0n) is 7.71. The minimum Gasteiger partial charge on any atom is -0.431 e. The molecule has 0 bridgehead atoms. The van der Waals surface area contributed by atoms with E-state index in [9.17, 15) is 13.2 Å². The molecule has 2 nitrogen and oxygen atoms in total. The summed E-state index contributed by atoms with van der Waals surface area (Å²) in [4.78, 5) is 0. The van der Waals surface area contributed by atoms with Crippen molar-refractivity contribution in [2.45, 2.75) is 19.5 Å². The van der Waals surface area contributed by atoms with Crippen LogP contribution in [0.5, 0.6) is 5.75 Å². The average Bonchev–Trinajstić information content (AvgIpc) is 2.18. The van der Waals surface area contributed by atoms with Crippen molar-refractivity contribution >= 4 is 0 Å². The highest BCUT2D eigenvalue weighted by atomic mass is 19.3. The van der Waals surface area contributed by atoms with Crippen molar-refractivity contribution in [3.63, 3.8) is 0 Å². The summed E-state index contributed by atoms with van der Waals surface area (Å²) in [5, 5.41) is 8.34. The van der Waals surface area contributed by atoms with Crippen molar-refractivity contribution in [2.75, 3.05) is 0 Å². The van der Waals surface area contributed by atoms with Crippen molar-refractivity contribution in [3.8, 4) is 11.8 Å². The molecule has 0 saturated carbocycles. The van der Waals surface area contributed by atoms with Crippen molar-refractivity contribution in [2.24, 2.45) is 0 Å². The van der Waals surface area contributed by atoms with E-state index in [2.05, 4.69) is 4.74 Å². The summed E-state index contributed by atoms with van der Waals surface area (Å²) >= 11 is 0. The Bertz CT molecular complexity index is 373. The summed E-state index contributed by atoms with van der Waals surface area (Å²) in [6.45, 7) is -3.07. The molecule has 0 heterocycles. The van der Waals surface area contributed by atoms with Gasteiger partial charge in [0, 0.05) is 6.42 Å². The summed E-state index contributed by atoms with van der Waals surface area (Å²) in [7, 11) is 0. The SMILES string of the molecule is N#CCCc1cccc(F)c1OC(F)F. The van der Waals surface area contributed by atoms with Crippen molar-refractivity contribution in [1.29, 1.82) is 5.26 Å². The molecule has 0 spiro atoms. The molecule has 0 aliphatic rings. The van der Waals surface area contributed by atoms with Crippen LogP contribution >= 0.6 is 0 Å². The van der Waals surface area contributed by atoms with Crippen LogP contribution in [0, 0.1) is 17.1 Å². The standard InChI is InChI=1S/C10H8F3NO/c11-8-5-1-3-7(4-2-6-14)9(8)15-10(12)13/h1,3,5,10H,2,4H2. The molecular weight excluding hydrogens is 207 g/mol. The normalized spacial score (nSPS) is 10.1. The first-order valence-corrected chi connectivity index (χ1v) is 4.24. The Hall–Kier alpha value is -1.70. The van der Waals surface area contributed by atoms with E-state index < -0.39 is 18.2 Å². The van der Waals surface area contributed by atoms with Gasteiger partial charge in [-0.15, -0.1) is 0 Å². The highest BCUT2D eigenvalue weighted by Gasteiger charge is 2.13. The fourth-order valence-corrected chi connectivity index (χ4v) is 1.16. The number of rotatable bonds is 4. The molecule has 0 aliphatic carbocycles. The van der Waals surface area contributed by atoms with E-state index in [1.54, 1.807) is 0 Å². The first kappa shape index (κ1) is 11.4. The second-order valence-corrected chi connectivity index (χ2v) is 2.76.